The summed E-state index contributed by atoms with van der Waals surface area (Å²) >= 11 is 0. The molecule has 0 heterocycles. The van der Waals surface area contributed by atoms with Crippen LogP contribution in [0.15, 0.2) is 48.1 Å². The predicted octanol–water partition coefficient (Wildman–Crippen LogP) is 3.77. The molecule has 1 aromatic rings. The van der Waals surface area contributed by atoms with Gasteiger partial charge in [-0.3, -0.25) is 0 Å². The fourth-order valence-corrected chi connectivity index (χ4v) is 1.97. The van der Waals surface area contributed by atoms with Gasteiger partial charge in [-0.15, -0.1) is 0 Å². The van der Waals surface area contributed by atoms with Crippen LogP contribution in [-0.4, -0.2) is 0 Å². The third-order valence-electron chi connectivity index (χ3n) is 2.89. The zero-order chi connectivity index (χ0) is 10.2. The van der Waals surface area contributed by atoms with E-state index in [1.54, 1.807) is 0 Å². The van der Waals surface area contributed by atoms with E-state index in [2.05, 4.69) is 63.3 Å². The quantitative estimate of drug-likeness (QED) is 0.623. The zero-order valence-corrected chi connectivity index (χ0v) is 9.04. The molecule has 0 bridgehead atoms. The predicted molar refractivity (Wildman–Crippen MR) is 61.4 cm³/mol. The highest BCUT2D eigenvalue weighted by molar-refractivity contribution is 5.45. The van der Waals surface area contributed by atoms with Crippen molar-refractivity contribution in [3.8, 4) is 0 Å². The molecule has 0 heteroatoms. The Labute approximate surface area is 86.0 Å². The van der Waals surface area contributed by atoms with E-state index in [1.807, 2.05) is 0 Å². The minimum atomic E-state index is 0.109. The maximum atomic E-state index is 2.32. The molecule has 0 fully saturated rings. The first-order valence-corrected chi connectivity index (χ1v) is 5.06. The number of hydrogen-bond acceptors (Lipinski definition) is 0. The summed E-state index contributed by atoms with van der Waals surface area (Å²) in [5, 5.41) is 0. The summed E-state index contributed by atoms with van der Waals surface area (Å²) in [4.78, 5) is 0. The van der Waals surface area contributed by atoms with E-state index in [4.69, 9.17) is 0 Å². The van der Waals surface area contributed by atoms with Gasteiger partial charge in [-0.2, -0.15) is 0 Å². The molecule has 0 saturated heterocycles. The maximum Gasteiger partial charge on any atom is 0.0292 e. The highest BCUT2D eigenvalue weighted by Crippen LogP contribution is 2.33. The molecule has 0 radical (unpaired) electrons. The normalized spacial score (nSPS) is 25.2. The van der Waals surface area contributed by atoms with Crippen molar-refractivity contribution in [3.63, 3.8) is 0 Å². The van der Waals surface area contributed by atoms with Crippen molar-refractivity contribution < 1.29 is 0 Å². The minimum Gasteiger partial charge on any atom is -0.0702 e. The van der Waals surface area contributed by atoms with Crippen LogP contribution in [0.25, 0.3) is 0 Å². The Kier molecular flexibility index (Phi) is 2.07. The van der Waals surface area contributed by atoms with Gasteiger partial charge >= 0.3 is 0 Å². The molecule has 0 saturated carbocycles. The topological polar surface area (TPSA) is 0 Å². The lowest BCUT2D eigenvalue weighted by Crippen LogP contribution is -2.13. The summed E-state index contributed by atoms with van der Waals surface area (Å²) < 4.78 is 0. The van der Waals surface area contributed by atoms with Gasteiger partial charge in [0.15, 0.2) is 0 Å². The van der Waals surface area contributed by atoms with Gasteiger partial charge in [0.05, 0.1) is 0 Å². The SMILES string of the molecule is CC1=CC(C)(c2ccc(C)cc2)C=C1. The number of hydrogen-bond donors (Lipinski definition) is 0. The van der Waals surface area contributed by atoms with E-state index in [0.717, 1.165) is 0 Å². The molecule has 1 unspecified atom stereocenters. The first-order chi connectivity index (χ1) is 6.60. The van der Waals surface area contributed by atoms with E-state index >= 15 is 0 Å². The molecule has 1 aliphatic rings. The molecule has 0 aliphatic heterocycles. The molecule has 0 aromatic heterocycles. The smallest absolute Gasteiger partial charge is 0.0292 e. The van der Waals surface area contributed by atoms with Crippen molar-refractivity contribution in [3.05, 3.63) is 59.2 Å². The van der Waals surface area contributed by atoms with Crippen LogP contribution in [0.5, 0.6) is 0 Å². The molecule has 0 spiro atoms. The first-order valence-electron chi connectivity index (χ1n) is 5.06. The van der Waals surface area contributed by atoms with Crippen molar-refractivity contribution in [2.75, 3.05) is 0 Å². The molecule has 1 aliphatic carbocycles. The van der Waals surface area contributed by atoms with Gasteiger partial charge in [-0.05, 0) is 26.3 Å². The number of aryl methyl sites for hydroxylation is 1. The Morgan fingerprint density at radius 1 is 1.00 bits per heavy atom. The number of rotatable bonds is 1. The van der Waals surface area contributed by atoms with Gasteiger partial charge in [0, 0.05) is 5.41 Å². The second-order valence-electron chi connectivity index (χ2n) is 4.37. The van der Waals surface area contributed by atoms with Gasteiger partial charge in [0.1, 0.15) is 0 Å². The first kappa shape index (κ1) is 9.26. The summed E-state index contributed by atoms with van der Waals surface area (Å²) in [6.45, 7) is 6.53. The van der Waals surface area contributed by atoms with Crippen molar-refractivity contribution >= 4 is 0 Å². The van der Waals surface area contributed by atoms with Crippen molar-refractivity contribution in [2.45, 2.75) is 26.2 Å². The van der Waals surface area contributed by atoms with Crippen LogP contribution in [0.4, 0.5) is 0 Å². The van der Waals surface area contributed by atoms with Gasteiger partial charge in [-0.25, -0.2) is 0 Å². The third-order valence-corrected chi connectivity index (χ3v) is 2.89. The highest BCUT2D eigenvalue weighted by Gasteiger charge is 2.23. The van der Waals surface area contributed by atoms with E-state index < -0.39 is 0 Å². The average Bonchev–Trinajstić information content (AvgIpc) is 2.48. The largest absolute Gasteiger partial charge is 0.0702 e. The Morgan fingerprint density at radius 2 is 1.64 bits per heavy atom. The Balaban J connectivity index is 2.41. The Hall–Kier alpha value is -1.30. The van der Waals surface area contributed by atoms with E-state index in [-0.39, 0.29) is 5.41 Å². The lowest BCUT2D eigenvalue weighted by molar-refractivity contribution is 0.767. The lowest BCUT2D eigenvalue weighted by Gasteiger charge is -2.20. The summed E-state index contributed by atoms with van der Waals surface area (Å²) in [5.41, 5.74) is 4.15. The van der Waals surface area contributed by atoms with Gasteiger partial charge in [0.25, 0.3) is 0 Å². The molecule has 72 valence electrons. The van der Waals surface area contributed by atoms with Crippen LogP contribution >= 0.6 is 0 Å². The summed E-state index contributed by atoms with van der Waals surface area (Å²) in [5.74, 6) is 0. The van der Waals surface area contributed by atoms with Crippen LogP contribution in [0.1, 0.15) is 25.0 Å². The van der Waals surface area contributed by atoms with Gasteiger partial charge in [0.2, 0.25) is 0 Å². The lowest BCUT2D eigenvalue weighted by atomic mass is 9.84. The molecular formula is C14H16. The Bertz CT molecular complexity index is 393. The van der Waals surface area contributed by atoms with Gasteiger partial charge in [-0.1, -0.05) is 53.6 Å². The molecule has 0 N–H and O–H groups in total. The summed E-state index contributed by atoms with van der Waals surface area (Å²) in [7, 11) is 0. The minimum absolute atomic E-state index is 0.109. The maximum absolute atomic E-state index is 2.32. The average molecular weight is 184 g/mol. The summed E-state index contributed by atoms with van der Waals surface area (Å²) in [6, 6.07) is 8.79. The second kappa shape index (κ2) is 3.13. The molecule has 1 aromatic carbocycles. The van der Waals surface area contributed by atoms with Crippen LogP contribution in [0.3, 0.4) is 0 Å². The molecule has 2 rings (SSSR count). The fraction of sp³-hybridized carbons (Fsp3) is 0.286. The molecule has 1 atom stereocenters. The van der Waals surface area contributed by atoms with Crippen LogP contribution in [0, 0.1) is 6.92 Å². The van der Waals surface area contributed by atoms with Crippen LogP contribution in [-0.2, 0) is 5.41 Å². The fourth-order valence-electron chi connectivity index (χ4n) is 1.97. The monoisotopic (exact) mass is 184 g/mol. The van der Waals surface area contributed by atoms with Crippen LogP contribution in [0.2, 0.25) is 0 Å². The molecule has 14 heavy (non-hydrogen) atoms. The third kappa shape index (κ3) is 1.52. The standard InChI is InChI=1S/C14H16/c1-11-4-6-13(7-5-11)14(3)9-8-12(2)10-14/h4-10H,1-3H3. The summed E-state index contributed by atoms with van der Waals surface area (Å²) in [6.07, 6.45) is 6.78. The molecule has 0 amide bonds. The zero-order valence-electron chi connectivity index (χ0n) is 9.04. The van der Waals surface area contributed by atoms with E-state index in [1.165, 1.54) is 16.7 Å². The van der Waals surface area contributed by atoms with Gasteiger partial charge < -0.3 is 0 Å². The number of benzene rings is 1. The van der Waals surface area contributed by atoms with E-state index in [9.17, 15) is 0 Å². The highest BCUT2D eigenvalue weighted by atomic mass is 14.3. The molecular weight excluding hydrogens is 168 g/mol. The van der Waals surface area contributed by atoms with Crippen molar-refractivity contribution in [2.24, 2.45) is 0 Å². The van der Waals surface area contributed by atoms with Crippen molar-refractivity contribution in [1.82, 2.24) is 0 Å². The second-order valence-corrected chi connectivity index (χ2v) is 4.37. The van der Waals surface area contributed by atoms with E-state index in [0.29, 0.717) is 0 Å². The van der Waals surface area contributed by atoms with Crippen molar-refractivity contribution in [1.29, 1.82) is 0 Å². The molecule has 0 nitrogen and oxygen atoms in total. The Morgan fingerprint density at radius 3 is 2.14 bits per heavy atom. The number of allylic oxidation sites excluding steroid dienone is 4. The van der Waals surface area contributed by atoms with Crippen LogP contribution < -0.4 is 0 Å².